The lowest BCUT2D eigenvalue weighted by molar-refractivity contribution is -0.122. The third-order valence-electron chi connectivity index (χ3n) is 6.75. The minimum atomic E-state index is -0.0705. The molecule has 0 spiro atoms. The average molecular weight is 422 g/mol. The van der Waals surface area contributed by atoms with Crippen LogP contribution in [0.15, 0.2) is 24.3 Å². The molecule has 0 aromatic heterocycles. The lowest BCUT2D eigenvalue weighted by Crippen LogP contribution is -2.48. The fourth-order valence-electron chi connectivity index (χ4n) is 5.06. The van der Waals surface area contributed by atoms with Gasteiger partial charge in [-0.1, -0.05) is 6.42 Å². The number of carbonyl (C=O) groups excluding carboxylic acids is 2. The summed E-state index contributed by atoms with van der Waals surface area (Å²) in [5.41, 5.74) is 7.69. The van der Waals surface area contributed by atoms with Gasteiger partial charge < -0.3 is 21.1 Å². The van der Waals surface area contributed by atoms with E-state index in [4.69, 9.17) is 10.5 Å². The predicted molar refractivity (Wildman–Crippen MR) is 115 cm³/mol. The maximum Gasteiger partial charge on any atom is 0.251 e. The van der Waals surface area contributed by atoms with E-state index in [-0.39, 0.29) is 42.2 Å². The van der Waals surface area contributed by atoms with Crippen LogP contribution in [0.1, 0.15) is 55.3 Å². The van der Waals surface area contributed by atoms with E-state index >= 15 is 0 Å². The predicted octanol–water partition coefficient (Wildman–Crippen LogP) is 3.11. The van der Waals surface area contributed by atoms with Gasteiger partial charge in [-0.3, -0.25) is 9.59 Å². The fraction of sp³-hybridized carbons (Fsp3) is 0.636. The minimum Gasteiger partial charge on any atom is -0.381 e. The highest BCUT2D eigenvalue weighted by Gasteiger charge is 2.40. The summed E-state index contributed by atoms with van der Waals surface area (Å²) in [6.45, 7) is 1.40. The van der Waals surface area contributed by atoms with Crippen molar-refractivity contribution in [2.45, 2.75) is 57.0 Å². The maximum atomic E-state index is 12.7. The van der Waals surface area contributed by atoms with Gasteiger partial charge in [-0.2, -0.15) is 0 Å². The van der Waals surface area contributed by atoms with Crippen LogP contribution in [0.4, 0.5) is 5.69 Å². The summed E-state index contributed by atoms with van der Waals surface area (Å²) in [5.74, 6) is 1.03. The Morgan fingerprint density at radius 1 is 0.966 bits per heavy atom. The van der Waals surface area contributed by atoms with Gasteiger partial charge in [-0.05, 0) is 74.6 Å². The second-order valence-electron chi connectivity index (χ2n) is 8.62. The van der Waals surface area contributed by atoms with Crippen LogP contribution in [0.25, 0.3) is 0 Å². The summed E-state index contributed by atoms with van der Waals surface area (Å²) in [4.78, 5) is 25.1. The van der Waals surface area contributed by atoms with Gasteiger partial charge >= 0.3 is 0 Å². The molecule has 1 aromatic carbocycles. The van der Waals surface area contributed by atoms with E-state index in [2.05, 4.69) is 10.6 Å². The smallest absolute Gasteiger partial charge is 0.251 e. The van der Waals surface area contributed by atoms with Crippen LogP contribution in [-0.4, -0.2) is 37.1 Å². The summed E-state index contributed by atoms with van der Waals surface area (Å²) in [7, 11) is 0. The van der Waals surface area contributed by atoms with Crippen molar-refractivity contribution in [2.75, 3.05) is 18.5 Å². The van der Waals surface area contributed by atoms with Gasteiger partial charge in [0.2, 0.25) is 5.91 Å². The number of ether oxygens (including phenoxy) is 1. The molecular weight excluding hydrogens is 390 g/mol. The molecule has 1 aromatic rings. The Morgan fingerprint density at radius 3 is 2.21 bits per heavy atom. The molecule has 3 fully saturated rings. The summed E-state index contributed by atoms with van der Waals surface area (Å²) in [5, 5.41) is 6.09. The SMILES string of the molecule is Cl.NC1C2CCCC1CC(C(=O)Nc1ccc(C(=O)NC3CCOCC3)cc1)C2. The molecule has 0 radical (unpaired) electrons. The molecule has 1 heterocycles. The zero-order valence-corrected chi connectivity index (χ0v) is 17.6. The van der Waals surface area contributed by atoms with Crippen molar-refractivity contribution in [1.82, 2.24) is 5.32 Å². The molecule has 7 heteroatoms. The highest BCUT2D eigenvalue weighted by atomic mass is 35.5. The van der Waals surface area contributed by atoms with E-state index in [9.17, 15) is 9.59 Å². The van der Waals surface area contributed by atoms with Gasteiger partial charge in [-0.15, -0.1) is 12.4 Å². The number of nitrogens with one attached hydrogen (secondary N) is 2. The van der Waals surface area contributed by atoms with E-state index in [1.54, 1.807) is 12.1 Å². The summed E-state index contributed by atoms with van der Waals surface area (Å²) >= 11 is 0. The van der Waals surface area contributed by atoms with E-state index in [0.29, 0.717) is 30.6 Å². The van der Waals surface area contributed by atoms with E-state index in [0.717, 1.165) is 44.2 Å². The van der Waals surface area contributed by atoms with Crippen molar-refractivity contribution < 1.29 is 14.3 Å². The van der Waals surface area contributed by atoms with Crippen molar-refractivity contribution in [3.8, 4) is 0 Å². The van der Waals surface area contributed by atoms with Crippen LogP contribution in [0.5, 0.6) is 0 Å². The molecule has 2 bridgehead atoms. The molecule has 1 aliphatic heterocycles. The van der Waals surface area contributed by atoms with Crippen LogP contribution < -0.4 is 16.4 Å². The lowest BCUT2D eigenvalue weighted by atomic mass is 9.65. The molecule has 2 aliphatic carbocycles. The summed E-state index contributed by atoms with van der Waals surface area (Å²) in [6.07, 6.45) is 7.05. The van der Waals surface area contributed by atoms with Gasteiger partial charge in [0.1, 0.15) is 0 Å². The fourth-order valence-corrected chi connectivity index (χ4v) is 5.06. The molecule has 2 atom stereocenters. The largest absolute Gasteiger partial charge is 0.381 e. The molecule has 4 N–H and O–H groups in total. The summed E-state index contributed by atoms with van der Waals surface area (Å²) < 4.78 is 5.32. The van der Waals surface area contributed by atoms with Crippen LogP contribution in [-0.2, 0) is 9.53 Å². The Morgan fingerprint density at radius 2 is 1.59 bits per heavy atom. The Hall–Kier alpha value is -1.63. The van der Waals surface area contributed by atoms with Gasteiger partial charge in [-0.25, -0.2) is 0 Å². The first-order valence-electron chi connectivity index (χ1n) is 10.7. The van der Waals surface area contributed by atoms with E-state index < -0.39 is 0 Å². The molecule has 2 saturated carbocycles. The molecule has 29 heavy (non-hydrogen) atoms. The molecular formula is C22H32ClN3O3. The normalized spacial score (nSPS) is 29.4. The number of carbonyl (C=O) groups is 2. The zero-order chi connectivity index (χ0) is 19.5. The number of anilines is 1. The third-order valence-corrected chi connectivity index (χ3v) is 6.75. The van der Waals surface area contributed by atoms with E-state index in [1.807, 2.05) is 12.1 Å². The quantitative estimate of drug-likeness (QED) is 0.696. The topological polar surface area (TPSA) is 93.5 Å². The number of hydrogen-bond donors (Lipinski definition) is 3. The zero-order valence-electron chi connectivity index (χ0n) is 16.8. The van der Waals surface area contributed by atoms with Crippen LogP contribution >= 0.6 is 12.4 Å². The molecule has 3 aliphatic rings. The second kappa shape index (κ2) is 9.92. The lowest BCUT2D eigenvalue weighted by Gasteiger charge is -2.43. The van der Waals surface area contributed by atoms with Crippen LogP contribution in [0.2, 0.25) is 0 Å². The van der Waals surface area contributed by atoms with Gasteiger partial charge in [0.05, 0.1) is 0 Å². The third kappa shape index (κ3) is 5.30. The Balaban J connectivity index is 0.00000240. The Labute approximate surface area is 178 Å². The van der Waals surface area contributed by atoms with Gasteiger partial charge in [0.15, 0.2) is 0 Å². The molecule has 2 amide bonds. The molecule has 1 saturated heterocycles. The number of hydrogen-bond acceptors (Lipinski definition) is 4. The Kier molecular flexibility index (Phi) is 7.55. The first-order chi connectivity index (χ1) is 13.6. The molecule has 4 rings (SSSR count). The number of fused-ring (bicyclic) bond motifs is 2. The van der Waals surface area contributed by atoms with Crippen LogP contribution in [0, 0.1) is 17.8 Å². The maximum absolute atomic E-state index is 12.7. The minimum absolute atomic E-state index is 0. The number of halogens is 1. The molecule has 6 nitrogen and oxygen atoms in total. The van der Waals surface area contributed by atoms with E-state index in [1.165, 1.54) is 6.42 Å². The number of amides is 2. The van der Waals surface area contributed by atoms with Crippen molar-refractivity contribution in [3.63, 3.8) is 0 Å². The summed E-state index contributed by atoms with van der Waals surface area (Å²) in [6, 6.07) is 7.62. The van der Waals surface area contributed by atoms with Gasteiger partial charge in [0.25, 0.3) is 5.91 Å². The number of nitrogens with two attached hydrogens (primary N) is 1. The van der Waals surface area contributed by atoms with Crippen molar-refractivity contribution in [2.24, 2.45) is 23.5 Å². The highest BCUT2D eigenvalue weighted by Crippen LogP contribution is 2.42. The Bertz CT molecular complexity index is 692. The van der Waals surface area contributed by atoms with Crippen molar-refractivity contribution in [1.29, 1.82) is 0 Å². The highest BCUT2D eigenvalue weighted by molar-refractivity contribution is 5.96. The standard InChI is InChI=1S/C22H31N3O3.ClH/c23-20-15-2-1-3-16(20)13-17(12-15)22(27)24-18-6-4-14(5-7-18)21(26)25-19-8-10-28-11-9-19;/h4-7,15-17,19-20H,1-3,8-13,23H2,(H,24,27)(H,25,26);1H. The first kappa shape index (κ1) is 22.1. The van der Waals surface area contributed by atoms with Crippen LogP contribution in [0.3, 0.4) is 0 Å². The number of rotatable bonds is 4. The monoisotopic (exact) mass is 421 g/mol. The number of benzene rings is 1. The average Bonchev–Trinajstić information content (AvgIpc) is 2.69. The molecule has 160 valence electrons. The van der Waals surface area contributed by atoms with Gasteiger partial charge in [0, 0.05) is 42.5 Å². The second-order valence-corrected chi connectivity index (χ2v) is 8.62. The molecule has 2 unspecified atom stereocenters. The first-order valence-corrected chi connectivity index (χ1v) is 10.7. The van der Waals surface area contributed by atoms with Crippen molar-refractivity contribution in [3.05, 3.63) is 29.8 Å². The van der Waals surface area contributed by atoms with Crippen molar-refractivity contribution >= 4 is 29.9 Å².